The third-order valence-electron chi connectivity index (χ3n) is 3.60. The molecule has 0 atom stereocenters. The van der Waals surface area contributed by atoms with Crippen LogP contribution >= 0.6 is 0 Å². The minimum Gasteiger partial charge on any atom is -0.310 e. The Labute approximate surface area is 118 Å². The quantitative estimate of drug-likeness (QED) is 0.791. The van der Waals surface area contributed by atoms with E-state index in [4.69, 9.17) is 0 Å². The molecule has 2 rings (SSSR count). The molecule has 7 nitrogen and oxygen atoms in total. The van der Waals surface area contributed by atoms with Crippen molar-refractivity contribution in [2.75, 3.05) is 13.6 Å². The van der Waals surface area contributed by atoms with Crippen molar-refractivity contribution >= 4 is 10.2 Å². The van der Waals surface area contributed by atoms with Gasteiger partial charge in [-0.15, -0.1) is 0 Å². The molecule has 1 aromatic heterocycles. The molecular weight excluding hydrogens is 280 g/mol. The maximum absolute atomic E-state index is 11.8. The lowest BCUT2D eigenvalue weighted by Crippen LogP contribution is -2.38. The Morgan fingerprint density at radius 3 is 2.75 bits per heavy atom. The maximum Gasteiger partial charge on any atom is 0.279 e. The van der Waals surface area contributed by atoms with Gasteiger partial charge in [0.25, 0.3) is 15.8 Å². The molecule has 0 amide bonds. The van der Waals surface area contributed by atoms with Crippen LogP contribution in [0.5, 0.6) is 0 Å². The summed E-state index contributed by atoms with van der Waals surface area (Å²) in [6.45, 7) is 2.15. The van der Waals surface area contributed by atoms with Gasteiger partial charge < -0.3 is 4.98 Å². The second-order valence-corrected chi connectivity index (χ2v) is 6.85. The Morgan fingerprint density at radius 2 is 2.20 bits per heavy atom. The summed E-state index contributed by atoms with van der Waals surface area (Å²) in [5, 5.41) is 0. The largest absolute Gasteiger partial charge is 0.310 e. The molecular formula is C12H20N4O3S. The standard InChI is InChI=1S/C12H20N4O3S/c1-3-16(2)20(18,19)13-8-10-7-11(17)15-12(14-10)9-5-4-6-9/h7,9,13H,3-6,8H2,1-2H3,(H,14,15,17). The number of hydrogen-bond donors (Lipinski definition) is 2. The molecule has 2 N–H and O–H groups in total. The van der Waals surface area contributed by atoms with Crippen LogP contribution in [-0.2, 0) is 16.8 Å². The van der Waals surface area contributed by atoms with Crippen molar-refractivity contribution in [2.45, 2.75) is 38.6 Å². The molecule has 1 heterocycles. The van der Waals surface area contributed by atoms with E-state index in [-0.39, 0.29) is 12.1 Å². The number of aromatic amines is 1. The fourth-order valence-electron chi connectivity index (χ4n) is 1.94. The Morgan fingerprint density at radius 1 is 1.50 bits per heavy atom. The van der Waals surface area contributed by atoms with Gasteiger partial charge in [-0.1, -0.05) is 13.3 Å². The van der Waals surface area contributed by atoms with E-state index in [9.17, 15) is 13.2 Å². The minimum absolute atomic E-state index is 0.0241. The van der Waals surface area contributed by atoms with Crippen molar-refractivity contribution < 1.29 is 8.42 Å². The molecule has 0 aliphatic heterocycles. The van der Waals surface area contributed by atoms with Gasteiger partial charge in [-0.25, -0.2) is 4.98 Å². The van der Waals surface area contributed by atoms with E-state index >= 15 is 0 Å². The molecule has 1 aliphatic carbocycles. The zero-order valence-electron chi connectivity index (χ0n) is 11.7. The monoisotopic (exact) mass is 300 g/mol. The van der Waals surface area contributed by atoms with E-state index < -0.39 is 10.2 Å². The summed E-state index contributed by atoms with van der Waals surface area (Å²) in [6, 6.07) is 1.33. The van der Waals surface area contributed by atoms with Crippen molar-refractivity contribution in [1.29, 1.82) is 0 Å². The zero-order valence-corrected chi connectivity index (χ0v) is 12.5. The third kappa shape index (κ3) is 3.44. The van der Waals surface area contributed by atoms with Gasteiger partial charge in [-0.2, -0.15) is 17.4 Å². The highest BCUT2D eigenvalue weighted by molar-refractivity contribution is 7.87. The van der Waals surface area contributed by atoms with Crippen LogP contribution in [0.15, 0.2) is 10.9 Å². The minimum atomic E-state index is -3.51. The van der Waals surface area contributed by atoms with Crippen LogP contribution in [0.2, 0.25) is 0 Å². The first-order chi connectivity index (χ1) is 9.42. The van der Waals surface area contributed by atoms with Crippen molar-refractivity contribution in [3.05, 3.63) is 27.9 Å². The molecule has 0 saturated heterocycles. The Bertz CT molecular complexity index is 622. The van der Waals surface area contributed by atoms with Gasteiger partial charge >= 0.3 is 0 Å². The van der Waals surface area contributed by atoms with Gasteiger partial charge in [0.2, 0.25) is 0 Å². The molecule has 0 unspecified atom stereocenters. The second-order valence-electron chi connectivity index (χ2n) is 4.99. The summed E-state index contributed by atoms with van der Waals surface area (Å²) < 4.78 is 27.3. The van der Waals surface area contributed by atoms with E-state index in [2.05, 4.69) is 14.7 Å². The second kappa shape index (κ2) is 6.02. The molecule has 8 heteroatoms. The Kier molecular flexibility index (Phi) is 4.56. The first kappa shape index (κ1) is 15.1. The smallest absolute Gasteiger partial charge is 0.279 e. The molecule has 1 saturated carbocycles. The van der Waals surface area contributed by atoms with Crippen molar-refractivity contribution in [1.82, 2.24) is 19.0 Å². The van der Waals surface area contributed by atoms with Gasteiger partial charge in [0.05, 0.1) is 12.2 Å². The summed E-state index contributed by atoms with van der Waals surface area (Å²) in [5.74, 6) is 0.972. The highest BCUT2D eigenvalue weighted by atomic mass is 32.2. The molecule has 20 heavy (non-hydrogen) atoms. The van der Waals surface area contributed by atoms with E-state index in [1.54, 1.807) is 6.92 Å². The highest BCUT2D eigenvalue weighted by Gasteiger charge is 2.22. The van der Waals surface area contributed by atoms with E-state index in [0.717, 1.165) is 19.3 Å². The van der Waals surface area contributed by atoms with Crippen molar-refractivity contribution in [3.8, 4) is 0 Å². The summed E-state index contributed by atoms with van der Waals surface area (Å²) in [4.78, 5) is 18.7. The summed E-state index contributed by atoms with van der Waals surface area (Å²) in [7, 11) is -2.02. The van der Waals surface area contributed by atoms with Crippen LogP contribution in [0.4, 0.5) is 0 Å². The molecule has 112 valence electrons. The SMILES string of the molecule is CCN(C)S(=O)(=O)NCc1cc(=O)[nH]c(C2CCC2)n1. The van der Waals surface area contributed by atoms with Gasteiger partial charge in [-0.05, 0) is 12.8 Å². The molecule has 1 aliphatic rings. The molecule has 0 aromatic carbocycles. The van der Waals surface area contributed by atoms with Gasteiger partial charge in [-0.3, -0.25) is 4.79 Å². The number of rotatable bonds is 6. The van der Waals surface area contributed by atoms with Crippen LogP contribution in [-0.4, -0.2) is 36.3 Å². The van der Waals surface area contributed by atoms with E-state index in [0.29, 0.717) is 24.0 Å². The van der Waals surface area contributed by atoms with E-state index in [1.807, 2.05) is 0 Å². The average Bonchev–Trinajstić information content (AvgIpc) is 2.33. The molecule has 0 radical (unpaired) electrons. The van der Waals surface area contributed by atoms with Crippen LogP contribution in [0.1, 0.15) is 43.6 Å². The van der Waals surface area contributed by atoms with Gasteiger partial charge in [0.1, 0.15) is 5.82 Å². The first-order valence-electron chi connectivity index (χ1n) is 6.73. The predicted octanol–water partition coefficient (Wildman–Crippen LogP) is 0.324. The average molecular weight is 300 g/mol. The third-order valence-corrected chi connectivity index (χ3v) is 5.18. The number of hydrogen-bond acceptors (Lipinski definition) is 4. The number of H-pyrrole nitrogens is 1. The Hall–Kier alpha value is -1.25. The summed E-state index contributed by atoms with van der Waals surface area (Å²) in [6.07, 6.45) is 3.19. The lowest BCUT2D eigenvalue weighted by molar-refractivity contribution is 0.399. The molecule has 1 aromatic rings. The fourth-order valence-corrected chi connectivity index (χ4v) is 2.83. The summed E-state index contributed by atoms with van der Waals surface area (Å²) >= 11 is 0. The van der Waals surface area contributed by atoms with Crippen molar-refractivity contribution in [3.63, 3.8) is 0 Å². The molecule has 0 bridgehead atoms. The predicted molar refractivity (Wildman–Crippen MR) is 75.5 cm³/mol. The highest BCUT2D eigenvalue weighted by Crippen LogP contribution is 2.33. The van der Waals surface area contributed by atoms with Crippen LogP contribution in [0.3, 0.4) is 0 Å². The maximum atomic E-state index is 11.8. The zero-order chi connectivity index (χ0) is 14.8. The lowest BCUT2D eigenvalue weighted by Gasteiger charge is -2.24. The van der Waals surface area contributed by atoms with Crippen LogP contribution in [0.25, 0.3) is 0 Å². The molecule has 0 spiro atoms. The van der Waals surface area contributed by atoms with Gasteiger partial charge in [0, 0.05) is 25.6 Å². The number of nitrogens with zero attached hydrogens (tertiary/aromatic N) is 2. The topological polar surface area (TPSA) is 95.2 Å². The van der Waals surface area contributed by atoms with Crippen LogP contribution in [0, 0.1) is 0 Å². The van der Waals surface area contributed by atoms with E-state index in [1.165, 1.54) is 17.4 Å². The normalized spacial score (nSPS) is 16.4. The molecule has 1 fully saturated rings. The fraction of sp³-hybridized carbons (Fsp3) is 0.667. The number of nitrogens with one attached hydrogen (secondary N) is 2. The summed E-state index contributed by atoms with van der Waals surface area (Å²) in [5.41, 5.74) is 0.212. The van der Waals surface area contributed by atoms with Crippen LogP contribution < -0.4 is 10.3 Å². The van der Waals surface area contributed by atoms with Crippen molar-refractivity contribution in [2.24, 2.45) is 0 Å². The number of aromatic nitrogens is 2. The first-order valence-corrected chi connectivity index (χ1v) is 8.17. The lowest BCUT2D eigenvalue weighted by atomic mass is 9.85. The van der Waals surface area contributed by atoms with Gasteiger partial charge in [0.15, 0.2) is 0 Å². The Balaban J connectivity index is 2.10.